The molecule has 0 unspecified atom stereocenters. The van der Waals surface area contributed by atoms with Gasteiger partial charge in [0.1, 0.15) is 0 Å². The van der Waals surface area contributed by atoms with Crippen molar-refractivity contribution in [2.75, 3.05) is 33.9 Å². The number of nitrogens with one attached hydrogen (secondary N) is 1. The van der Waals surface area contributed by atoms with Crippen LogP contribution in [0.15, 0.2) is 66.7 Å². The summed E-state index contributed by atoms with van der Waals surface area (Å²) in [5.41, 5.74) is 5.76. The number of amides is 1. The van der Waals surface area contributed by atoms with Crippen molar-refractivity contribution >= 4 is 33.0 Å². The predicted octanol–water partition coefficient (Wildman–Crippen LogP) is 5.51. The number of rotatable bonds is 7. The number of aryl methyl sites for hydroxylation is 2. The Bertz CT molecular complexity index is 1260. The average Bonchev–Trinajstić information content (AvgIpc) is 2.84. The van der Waals surface area contributed by atoms with E-state index in [1.807, 2.05) is 44.2 Å². The normalized spacial score (nSPS) is 14.0. The topological polar surface area (TPSA) is 69.7 Å². The summed E-state index contributed by atoms with van der Waals surface area (Å²) in [4.78, 5) is 15.2. The highest BCUT2D eigenvalue weighted by Gasteiger charge is 2.21. The molecule has 4 rings (SSSR count). The maximum atomic E-state index is 12.8. The van der Waals surface area contributed by atoms with Crippen molar-refractivity contribution in [1.29, 1.82) is 0 Å². The predicted molar refractivity (Wildman–Crippen MR) is 144 cm³/mol. The molecule has 0 atom stereocenters. The van der Waals surface area contributed by atoms with E-state index in [9.17, 15) is 13.2 Å². The van der Waals surface area contributed by atoms with E-state index in [2.05, 4.69) is 22.3 Å². The van der Waals surface area contributed by atoms with Crippen LogP contribution in [0.3, 0.4) is 0 Å². The van der Waals surface area contributed by atoms with Crippen LogP contribution in [0.25, 0.3) is 0 Å². The fraction of sp³-hybridized carbons (Fsp3) is 0.321. The summed E-state index contributed by atoms with van der Waals surface area (Å²) in [6.45, 7) is 6.18. The van der Waals surface area contributed by atoms with Crippen LogP contribution in [0.5, 0.6) is 0 Å². The summed E-state index contributed by atoms with van der Waals surface area (Å²) in [6, 6.07) is 20.8. The van der Waals surface area contributed by atoms with Crippen molar-refractivity contribution in [1.82, 2.24) is 0 Å². The summed E-state index contributed by atoms with van der Waals surface area (Å²) in [5, 5.41) is 2.95. The van der Waals surface area contributed by atoms with Crippen LogP contribution < -0.4 is 14.5 Å². The van der Waals surface area contributed by atoms with E-state index in [4.69, 9.17) is 0 Å². The first kappa shape index (κ1) is 24.8. The SMILES string of the molecule is Cc1cccc(C)c1N(Cc1ccc(C(=O)Nc2ccc(N3CCCCC3)cc2)cc1)S(C)(=O)=O. The summed E-state index contributed by atoms with van der Waals surface area (Å²) >= 11 is 0. The van der Waals surface area contributed by atoms with Gasteiger partial charge in [0, 0.05) is 30.0 Å². The lowest BCUT2D eigenvalue weighted by Crippen LogP contribution is -2.30. The molecule has 184 valence electrons. The van der Waals surface area contributed by atoms with Gasteiger partial charge >= 0.3 is 0 Å². The molecule has 0 aromatic heterocycles. The molecule has 1 heterocycles. The molecule has 7 heteroatoms. The maximum Gasteiger partial charge on any atom is 0.255 e. The first-order valence-corrected chi connectivity index (χ1v) is 13.9. The van der Waals surface area contributed by atoms with E-state index in [1.165, 1.54) is 35.5 Å². The third-order valence-corrected chi connectivity index (χ3v) is 7.59. The minimum absolute atomic E-state index is 0.197. The van der Waals surface area contributed by atoms with Crippen molar-refractivity contribution in [3.63, 3.8) is 0 Å². The Kier molecular flexibility index (Phi) is 7.45. The van der Waals surface area contributed by atoms with Gasteiger partial charge in [-0.1, -0.05) is 30.3 Å². The molecule has 0 bridgehead atoms. The summed E-state index contributed by atoms with van der Waals surface area (Å²) < 4.78 is 26.6. The number of para-hydroxylation sites is 1. The second kappa shape index (κ2) is 10.5. The second-order valence-electron chi connectivity index (χ2n) is 9.26. The van der Waals surface area contributed by atoms with Gasteiger partial charge in [-0.2, -0.15) is 0 Å². The number of hydrogen-bond donors (Lipinski definition) is 1. The molecular weight excluding hydrogens is 458 g/mol. The molecule has 6 nitrogen and oxygen atoms in total. The van der Waals surface area contributed by atoms with Gasteiger partial charge in [-0.3, -0.25) is 9.10 Å². The Morgan fingerprint density at radius 1 is 0.886 bits per heavy atom. The molecule has 1 saturated heterocycles. The number of sulfonamides is 1. The molecule has 3 aromatic rings. The molecule has 1 aliphatic heterocycles. The molecule has 3 aromatic carbocycles. The Labute approximate surface area is 208 Å². The van der Waals surface area contributed by atoms with Gasteiger partial charge in [0.2, 0.25) is 10.0 Å². The number of piperidine rings is 1. The van der Waals surface area contributed by atoms with Gasteiger partial charge in [-0.15, -0.1) is 0 Å². The zero-order chi connectivity index (χ0) is 25.0. The number of nitrogens with zero attached hydrogens (tertiary/aromatic N) is 2. The number of anilines is 3. The first-order chi connectivity index (χ1) is 16.7. The van der Waals surface area contributed by atoms with Gasteiger partial charge in [-0.05, 0) is 86.2 Å². The monoisotopic (exact) mass is 491 g/mol. The average molecular weight is 492 g/mol. The van der Waals surface area contributed by atoms with Gasteiger partial charge in [0.05, 0.1) is 18.5 Å². The summed E-state index contributed by atoms with van der Waals surface area (Å²) in [6.07, 6.45) is 4.96. The molecule has 35 heavy (non-hydrogen) atoms. The molecular formula is C28H33N3O3S. The van der Waals surface area contributed by atoms with E-state index in [-0.39, 0.29) is 12.5 Å². The molecule has 0 radical (unpaired) electrons. The third-order valence-electron chi connectivity index (χ3n) is 6.48. The Morgan fingerprint density at radius 3 is 2.06 bits per heavy atom. The van der Waals surface area contributed by atoms with Gasteiger partial charge in [0.15, 0.2) is 0 Å². The smallest absolute Gasteiger partial charge is 0.255 e. The second-order valence-corrected chi connectivity index (χ2v) is 11.2. The zero-order valence-electron chi connectivity index (χ0n) is 20.6. The van der Waals surface area contributed by atoms with E-state index >= 15 is 0 Å². The summed E-state index contributed by atoms with van der Waals surface area (Å²) in [7, 11) is -3.49. The largest absolute Gasteiger partial charge is 0.372 e. The number of carbonyl (C=O) groups is 1. The highest BCUT2D eigenvalue weighted by molar-refractivity contribution is 7.92. The molecule has 0 spiro atoms. The van der Waals surface area contributed by atoms with E-state index in [1.54, 1.807) is 24.3 Å². The van der Waals surface area contributed by atoms with E-state index in [0.29, 0.717) is 11.3 Å². The van der Waals surface area contributed by atoms with Crippen molar-refractivity contribution in [2.45, 2.75) is 39.7 Å². The van der Waals surface area contributed by atoms with Crippen LogP contribution in [0, 0.1) is 13.8 Å². The molecule has 1 N–H and O–H groups in total. The molecule has 0 saturated carbocycles. The first-order valence-electron chi connectivity index (χ1n) is 12.0. The highest BCUT2D eigenvalue weighted by atomic mass is 32.2. The lowest BCUT2D eigenvalue weighted by atomic mass is 10.1. The van der Waals surface area contributed by atoms with Crippen molar-refractivity contribution < 1.29 is 13.2 Å². The Balaban J connectivity index is 1.44. The Hall–Kier alpha value is -3.32. The van der Waals surface area contributed by atoms with Crippen molar-refractivity contribution in [3.8, 4) is 0 Å². The fourth-order valence-electron chi connectivity index (χ4n) is 4.60. The van der Waals surface area contributed by atoms with Crippen molar-refractivity contribution in [2.24, 2.45) is 0 Å². The maximum absolute atomic E-state index is 12.8. The van der Waals surface area contributed by atoms with Crippen LogP contribution in [0.1, 0.15) is 46.3 Å². The number of carbonyl (C=O) groups excluding carboxylic acids is 1. The lowest BCUT2D eigenvalue weighted by Gasteiger charge is -2.28. The van der Waals surface area contributed by atoms with Gasteiger partial charge < -0.3 is 10.2 Å². The van der Waals surface area contributed by atoms with Crippen molar-refractivity contribution in [3.05, 3.63) is 89.0 Å². The number of hydrogen-bond acceptors (Lipinski definition) is 4. The summed E-state index contributed by atoms with van der Waals surface area (Å²) in [5.74, 6) is -0.197. The van der Waals surface area contributed by atoms with Crippen LogP contribution in [0.4, 0.5) is 17.1 Å². The number of benzene rings is 3. The van der Waals surface area contributed by atoms with Crippen LogP contribution in [0.2, 0.25) is 0 Å². The standard InChI is InChI=1S/C28H33N3O3S/c1-21-8-7-9-22(2)27(21)31(35(3,33)34)20-23-10-12-24(13-11-23)28(32)29-25-14-16-26(17-15-25)30-18-5-4-6-19-30/h7-17H,4-6,18-20H2,1-3H3,(H,29,32). The fourth-order valence-corrected chi connectivity index (χ4v) is 5.60. The van der Waals surface area contributed by atoms with Crippen LogP contribution in [-0.2, 0) is 16.6 Å². The molecule has 1 fully saturated rings. The van der Waals surface area contributed by atoms with Crippen LogP contribution >= 0.6 is 0 Å². The van der Waals surface area contributed by atoms with E-state index < -0.39 is 10.0 Å². The lowest BCUT2D eigenvalue weighted by molar-refractivity contribution is 0.102. The Morgan fingerprint density at radius 2 is 1.49 bits per heavy atom. The third kappa shape index (κ3) is 6.03. The minimum Gasteiger partial charge on any atom is -0.372 e. The van der Waals surface area contributed by atoms with Gasteiger partial charge in [0.25, 0.3) is 5.91 Å². The molecule has 1 aliphatic rings. The van der Waals surface area contributed by atoms with Gasteiger partial charge in [-0.25, -0.2) is 8.42 Å². The molecule has 0 aliphatic carbocycles. The minimum atomic E-state index is -3.49. The van der Waals surface area contributed by atoms with E-state index in [0.717, 1.165) is 35.5 Å². The quantitative estimate of drug-likeness (QED) is 0.473. The van der Waals surface area contributed by atoms with Crippen LogP contribution in [-0.4, -0.2) is 33.7 Å². The molecule has 1 amide bonds. The zero-order valence-corrected chi connectivity index (χ0v) is 21.4. The highest BCUT2D eigenvalue weighted by Crippen LogP contribution is 2.28.